The molecule has 0 aliphatic heterocycles. The highest BCUT2D eigenvalue weighted by molar-refractivity contribution is 8.02. The van der Waals surface area contributed by atoms with Gasteiger partial charge in [-0.15, -0.1) is 0 Å². The van der Waals surface area contributed by atoms with E-state index in [1.54, 1.807) is 6.08 Å². The Labute approximate surface area is 213 Å². The van der Waals surface area contributed by atoms with E-state index in [-0.39, 0.29) is 18.5 Å². The summed E-state index contributed by atoms with van der Waals surface area (Å²) in [7, 11) is 0. The number of aliphatic hydroxyl groups is 2. The van der Waals surface area contributed by atoms with E-state index in [4.69, 9.17) is 5.11 Å². The number of thioether (sulfide) groups is 2. The second-order valence-electron chi connectivity index (χ2n) is 7.52. The first-order chi connectivity index (χ1) is 16.7. The van der Waals surface area contributed by atoms with Crippen LogP contribution in [-0.2, 0) is 11.5 Å². The molecule has 0 spiro atoms. The largest absolute Gasteiger partial charge is 0.395 e. The predicted octanol–water partition coefficient (Wildman–Crippen LogP) is 7.19. The van der Waals surface area contributed by atoms with Crippen LogP contribution in [0.1, 0.15) is 27.8 Å². The summed E-state index contributed by atoms with van der Waals surface area (Å²) >= 11 is 3.69. The number of aliphatic hydroxyl groups excluding tert-OH is 2. The van der Waals surface area contributed by atoms with Crippen molar-refractivity contribution in [3.05, 3.63) is 126 Å². The summed E-state index contributed by atoms with van der Waals surface area (Å²) in [6, 6.07) is 26.7. The minimum Gasteiger partial charge on any atom is -0.395 e. The highest BCUT2D eigenvalue weighted by Crippen LogP contribution is 2.24. The Morgan fingerprint density at radius 3 is 1.88 bits per heavy atom. The molecule has 2 nitrogen and oxygen atoms in total. The Hall–Kier alpha value is -2.50. The van der Waals surface area contributed by atoms with Crippen molar-refractivity contribution in [2.45, 2.75) is 16.8 Å². The van der Waals surface area contributed by atoms with Crippen molar-refractivity contribution >= 4 is 41.8 Å². The van der Waals surface area contributed by atoms with Crippen molar-refractivity contribution < 1.29 is 10.2 Å². The highest BCUT2D eigenvalue weighted by atomic mass is 32.2. The summed E-state index contributed by atoms with van der Waals surface area (Å²) < 4.78 is 0. The van der Waals surface area contributed by atoms with Crippen molar-refractivity contribution in [1.82, 2.24) is 0 Å². The summed E-state index contributed by atoms with van der Waals surface area (Å²) in [6.45, 7) is 7.94. The third-order valence-corrected chi connectivity index (χ3v) is 7.52. The zero-order valence-electron chi connectivity index (χ0n) is 19.6. The minimum atomic E-state index is 0.106. The molecule has 178 valence electrons. The normalized spacial score (nSPS) is 11.5. The van der Waals surface area contributed by atoms with Crippen LogP contribution in [0.15, 0.2) is 98.1 Å². The van der Waals surface area contributed by atoms with E-state index < -0.39 is 0 Å². The molecule has 0 heterocycles. The van der Waals surface area contributed by atoms with Gasteiger partial charge in [0.25, 0.3) is 0 Å². The third-order valence-electron chi connectivity index (χ3n) is 4.85. The molecular formula is C30H34O2S2. The van der Waals surface area contributed by atoms with E-state index in [2.05, 4.69) is 61.7 Å². The molecule has 1 atom stereocenters. The molecule has 1 unspecified atom stereocenters. The molecule has 0 saturated carbocycles. The average molecular weight is 491 g/mol. The molecule has 3 aromatic rings. The lowest BCUT2D eigenvalue weighted by molar-refractivity contribution is 0.301. The van der Waals surface area contributed by atoms with Gasteiger partial charge in [-0.05, 0) is 27.8 Å². The first kappa shape index (κ1) is 27.7. The van der Waals surface area contributed by atoms with E-state index >= 15 is 0 Å². The Balaban J connectivity index is 0.000000340. The zero-order chi connectivity index (χ0) is 24.4. The van der Waals surface area contributed by atoms with Crippen LogP contribution in [0.4, 0.5) is 0 Å². The number of hydrogen-bond donors (Lipinski definition) is 2. The summed E-state index contributed by atoms with van der Waals surface area (Å²) in [4.78, 5) is 0. The fraction of sp³-hybridized carbons (Fsp3) is 0.200. The van der Waals surface area contributed by atoms with Gasteiger partial charge in [0.05, 0.1) is 13.2 Å². The van der Waals surface area contributed by atoms with Crippen LogP contribution in [-0.4, -0.2) is 34.4 Å². The topological polar surface area (TPSA) is 40.5 Å². The lowest BCUT2D eigenvalue weighted by Crippen LogP contribution is -2.12. The molecule has 0 aliphatic rings. The Morgan fingerprint density at radius 1 is 0.735 bits per heavy atom. The van der Waals surface area contributed by atoms with Gasteiger partial charge in [-0.3, -0.25) is 0 Å². The molecule has 34 heavy (non-hydrogen) atoms. The van der Waals surface area contributed by atoms with Crippen LogP contribution < -0.4 is 0 Å². The zero-order valence-corrected chi connectivity index (χ0v) is 21.2. The maximum Gasteiger partial charge on any atom is 0.0615 e. The molecule has 0 amide bonds. The van der Waals surface area contributed by atoms with Gasteiger partial charge in [0, 0.05) is 22.5 Å². The number of benzene rings is 3. The van der Waals surface area contributed by atoms with Crippen molar-refractivity contribution in [2.24, 2.45) is 0 Å². The molecule has 0 radical (unpaired) electrons. The first-order valence-electron chi connectivity index (χ1n) is 11.2. The van der Waals surface area contributed by atoms with Crippen molar-refractivity contribution in [1.29, 1.82) is 0 Å². The summed E-state index contributed by atoms with van der Waals surface area (Å²) in [5, 5.41) is 18.3. The van der Waals surface area contributed by atoms with Crippen LogP contribution in [0.25, 0.3) is 18.2 Å². The van der Waals surface area contributed by atoms with Crippen molar-refractivity contribution in [3.63, 3.8) is 0 Å². The van der Waals surface area contributed by atoms with Gasteiger partial charge in [-0.2, -0.15) is 23.5 Å². The molecule has 0 saturated heterocycles. The Bertz CT molecular complexity index is 1020. The van der Waals surface area contributed by atoms with Gasteiger partial charge >= 0.3 is 0 Å². The second-order valence-corrected chi connectivity index (χ2v) is 9.84. The van der Waals surface area contributed by atoms with E-state index in [0.29, 0.717) is 0 Å². The van der Waals surface area contributed by atoms with Crippen LogP contribution in [0, 0.1) is 0 Å². The van der Waals surface area contributed by atoms with Crippen LogP contribution in [0.3, 0.4) is 0 Å². The minimum absolute atomic E-state index is 0.106. The standard InChI is InChI=1S/C21H24OS2.C9H10O/c1-3-17-7-5-9-19(11-17)14-23-16-21(13-22)24-15-20-10-6-8-18(4-2)12-20;10-8-4-7-9-5-2-1-3-6-9/h3-12,21-22H,1-2,13-16H2;1-7,10H,8H2. The molecule has 0 fully saturated rings. The van der Waals surface area contributed by atoms with E-state index in [1.807, 2.05) is 72.1 Å². The summed E-state index contributed by atoms with van der Waals surface area (Å²) in [5.41, 5.74) is 6.00. The number of rotatable bonds is 12. The van der Waals surface area contributed by atoms with Gasteiger partial charge in [-0.25, -0.2) is 0 Å². The molecule has 0 bridgehead atoms. The average Bonchev–Trinajstić information content (AvgIpc) is 2.90. The molecule has 3 aromatic carbocycles. The highest BCUT2D eigenvalue weighted by Gasteiger charge is 2.09. The van der Waals surface area contributed by atoms with Crippen LogP contribution in [0.5, 0.6) is 0 Å². The van der Waals surface area contributed by atoms with Gasteiger partial charge in [0.15, 0.2) is 0 Å². The Kier molecular flexibility index (Phi) is 13.9. The maximum absolute atomic E-state index is 9.62. The predicted molar refractivity (Wildman–Crippen MR) is 154 cm³/mol. The van der Waals surface area contributed by atoms with E-state index in [9.17, 15) is 5.11 Å². The fourth-order valence-electron chi connectivity index (χ4n) is 3.05. The molecule has 0 aromatic heterocycles. The van der Waals surface area contributed by atoms with Crippen LogP contribution >= 0.6 is 23.5 Å². The van der Waals surface area contributed by atoms with Gasteiger partial charge < -0.3 is 10.2 Å². The van der Waals surface area contributed by atoms with Gasteiger partial charge in [0.1, 0.15) is 0 Å². The maximum atomic E-state index is 9.62. The van der Waals surface area contributed by atoms with Crippen molar-refractivity contribution in [2.75, 3.05) is 19.0 Å². The molecule has 4 heteroatoms. The quantitative estimate of drug-likeness (QED) is 0.282. The van der Waals surface area contributed by atoms with E-state index in [1.165, 1.54) is 11.1 Å². The first-order valence-corrected chi connectivity index (χ1v) is 13.4. The second kappa shape index (κ2) is 17.0. The van der Waals surface area contributed by atoms with E-state index in [0.717, 1.165) is 33.9 Å². The number of hydrogen-bond acceptors (Lipinski definition) is 4. The van der Waals surface area contributed by atoms with Gasteiger partial charge in [0.2, 0.25) is 0 Å². The lowest BCUT2D eigenvalue weighted by atomic mass is 10.1. The fourth-order valence-corrected chi connectivity index (χ4v) is 5.34. The third kappa shape index (κ3) is 11.1. The van der Waals surface area contributed by atoms with Gasteiger partial charge in [-0.1, -0.05) is 116 Å². The monoisotopic (exact) mass is 490 g/mol. The lowest BCUT2D eigenvalue weighted by Gasteiger charge is -2.14. The SMILES string of the molecule is C=Cc1cccc(CSCC(CO)SCc2cccc(C=C)c2)c1.OCC=Cc1ccccc1. The summed E-state index contributed by atoms with van der Waals surface area (Å²) in [5.74, 6) is 2.82. The molecule has 3 rings (SSSR count). The molecule has 2 N–H and O–H groups in total. The Morgan fingerprint density at radius 2 is 1.32 bits per heavy atom. The van der Waals surface area contributed by atoms with Crippen LogP contribution in [0.2, 0.25) is 0 Å². The smallest absolute Gasteiger partial charge is 0.0615 e. The molecular weight excluding hydrogens is 456 g/mol. The van der Waals surface area contributed by atoms with Crippen molar-refractivity contribution in [3.8, 4) is 0 Å². The summed E-state index contributed by atoms with van der Waals surface area (Å²) in [6.07, 6.45) is 7.35. The molecule has 0 aliphatic carbocycles.